The van der Waals surface area contributed by atoms with Gasteiger partial charge in [-0.25, -0.2) is 0 Å². The normalized spacial score (nSPS) is 45.3. The highest BCUT2D eigenvalue weighted by atomic mass is 16.7. The molecule has 0 N–H and O–H groups in total. The van der Waals surface area contributed by atoms with Crippen molar-refractivity contribution in [3.05, 3.63) is 0 Å². The standard InChI is InChI=1S/C28H42O5.C27H40O5.C26H38O5.6CH4/c1-4-28(2,3)27(30)33-23-12-18-11-22(23)25-20-9-17(24(18)25)10-21(20)26(29)32-14-31-13-19-8-15-5-6-16(19)7-15;1-3-14(2)26(28)32-23-11-18-10-22(23)25-20-8-17(24(18)25)9-21(20)27(29)31-13-30-12-19-7-15-4-5-16(19)6-15;1-3-13(2)25(27)31-22-11-17-10-20(22)24-18-8-16(23(17)24)9-19(18)26(28)30-12-29-21-7-14-4-5-15(21)6-14;;;;;;/h15-25H,4-14H2,1-3H3;14-25H,3-13H2,1-2H3;13-24H,3-12H2,1-2H3;6*1H4. The molecule has 15 heteroatoms. The van der Waals surface area contributed by atoms with Gasteiger partial charge in [0, 0.05) is 0 Å². The maximum absolute atomic E-state index is 13.0. The lowest BCUT2D eigenvalue weighted by molar-refractivity contribution is -0.173. The van der Waals surface area contributed by atoms with E-state index in [2.05, 4.69) is 0 Å². The van der Waals surface area contributed by atoms with Gasteiger partial charge in [0.2, 0.25) is 0 Å². The van der Waals surface area contributed by atoms with E-state index in [1.54, 1.807) is 0 Å². The van der Waals surface area contributed by atoms with Crippen molar-refractivity contribution in [2.45, 2.75) is 291 Å². The number of rotatable bonds is 23. The molecule has 0 aromatic heterocycles. The summed E-state index contributed by atoms with van der Waals surface area (Å²) in [7, 11) is 0. The number of fused-ring (bicyclic) bond motifs is 33. The molecular weight excluding hydrogens is 1280 g/mol. The van der Waals surface area contributed by atoms with Gasteiger partial charge < -0.3 is 42.6 Å². The van der Waals surface area contributed by atoms with Gasteiger partial charge in [0.25, 0.3) is 0 Å². The zero-order valence-corrected chi connectivity index (χ0v) is 59.5. The average molecular weight is 1430 g/mol. The molecule has 0 aliphatic heterocycles. The van der Waals surface area contributed by atoms with E-state index in [9.17, 15) is 28.8 Å². The van der Waals surface area contributed by atoms with Gasteiger partial charge in [-0.3, -0.25) is 28.8 Å². The molecule has 18 aliphatic rings. The summed E-state index contributed by atoms with van der Waals surface area (Å²) >= 11 is 0. The fourth-order valence-electron chi connectivity index (χ4n) is 27.8. The molecule has 0 spiro atoms. The first-order valence-corrected chi connectivity index (χ1v) is 40.3. The molecule has 18 saturated carbocycles. The average Bonchev–Trinajstić information content (AvgIpc) is 1.56. The van der Waals surface area contributed by atoms with Gasteiger partial charge in [-0.1, -0.05) is 92.0 Å². The fourth-order valence-corrected chi connectivity index (χ4v) is 27.8. The van der Waals surface area contributed by atoms with Crippen LogP contribution in [0.3, 0.4) is 0 Å². The predicted molar refractivity (Wildman–Crippen MR) is 395 cm³/mol. The number of ether oxygens (including phenoxy) is 9. The molecule has 0 heterocycles. The van der Waals surface area contributed by atoms with E-state index < -0.39 is 5.41 Å². The summed E-state index contributed by atoms with van der Waals surface area (Å²) in [6.45, 7) is 15.9. The molecule has 18 bridgehead atoms. The minimum absolute atomic E-state index is 0. The number of hydrogen-bond donors (Lipinski definition) is 0. The Morgan fingerprint density at radius 3 is 1.03 bits per heavy atom. The Bertz CT molecular complexity index is 2870. The van der Waals surface area contributed by atoms with Crippen LogP contribution in [-0.2, 0) is 71.4 Å². The zero-order chi connectivity index (χ0) is 66.2. The maximum Gasteiger partial charge on any atom is 0.311 e. The van der Waals surface area contributed by atoms with Crippen LogP contribution < -0.4 is 0 Å². The van der Waals surface area contributed by atoms with Gasteiger partial charge in [0.05, 0.1) is 54.3 Å². The Morgan fingerprint density at radius 2 is 0.696 bits per heavy atom. The van der Waals surface area contributed by atoms with Crippen molar-refractivity contribution < 1.29 is 71.4 Å². The lowest BCUT2D eigenvalue weighted by Crippen LogP contribution is -2.43. The van der Waals surface area contributed by atoms with Crippen LogP contribution in [-0.4, -0.2) is 93.8 Å². The SMILES string of the molecule is C.C.C.C.C.C.CCC(C)(C)C(=O)OC1CC2CC1C1C3CC(CC3C(=O)OCOCC3CC4CCC3C4)C21.CCC(C)C(=O)OC1CC2CC1C1C3CC(CC3C(=O)OCOC3CC4CCC3C4)C21.CCC(C)C(=O)OC1CC2CC1C1C3CC(CC3C(=O)OCOCC3CC4CCC3C4)C21. The van der Waals surface area contributed by atoms with E-state index >= 15 is 0 Å². The predicted octanol–water partition coefficient (Wildman–Crippen LogP) is 18.4. The Morgan fingerprint density at radius 1 is 0.353 bits per heavy atom. The second-order valence-corrected chi connectivity index (χ2v) is 37.1. The van der Waals surface area contributed by atoms with Crippen molar-refractivity contribution in [2.24, 2.45) is 189 Å². The van der Waals surface area contributed by atoms with Gasteiger partial charge >= 0.3 is 35.8 Å². The molecule has 18 aliphatic carbocycles. The molecule has 0 aromatic carbocycles. The second-order valence-electron chi connectivity index (χ2n) is 37.1. The molecule has 0 aromatic rings. The monoisotopic (exact) mass is 1430 g/mol. The summed E-state index contributed by atoms with van der Waals surface area (Å²) in [6, 6.07) is 0. The third-order valence-electron chi connectivity index (χ3n) is 32.6. The van der Waals surface area contributed by atoms with Gasteiger partial charge in [-0.05, 0) is 328 Å². The first-order valence-electron chi connectivity index (χ1n) is 40.3. The van der Waals surface area contributed by atoms with E-state index in [0.717, 1.165) is 131 Å². The molecule has 15 nitrogen and oxygen atoms in total. The lowest BCUT2D eigenvalue weighted by atomic mass is 9.66. The summed E-state index contributed by atoms with van der Waals surface area (Å²) in [6.07, 6.45) is 32.1. The molecule has 582 valence electrons. The summed E-state index contributed by atoms with van der Waals surface area (Å²) in [5, 5.41) is 0. The van der Waals surface area contributed by atoms with Gasteiger partial charge in [-0.15, -0.1) is 0 Å². The van der Waals surface area contributed by atoms with E-state index in [1.807, 2.05) is 48.5 Å². The number of carbonyl (C=O) groups excluding carboxylic acids is 6. The number of hydrogen-bond acceptors (Lipinski definition) is 15. The zero-order valence-electron chi connectivity index (χ0n) is 59.5. The van der Waals surface area contributed by atoms with E-state index in [0.29, 0.717) is 113 Å². The highest BCUT2D eigenvalue weighted by Gasteiger charge is 2.70. The maximum atomic E-state index is 13.0. The summed E-state index contributed by atoms with van der Waals surface area (Å²) in [4.78, 5) is 76.4. The molecule has 0 radical (unpaired) electrons. The first-order chi connectivity index (χ1) is 46.4. The molecule has 35 atom stereocenters. The summed E-state index contributed by atoms with van der Waals surface area (Å²) in [5.41, 5.74) is -0.416. The molecular formula is C87H144O15. The summed E-state index contributed by atoms with van der Waals surface area (Å²) in [5.74, 6) is 16.8. The third-order valence-corrected chi connectivity index (χ3v) is 32.6. The van der Waals surface area contributed by atoms with Crippen molar-refractivity contribution in [3.8, 4) is 0 Å². The minimum Gasteiger partial charge on any atom is -0.462 e. The second kappa shape index (κ2) is 32.9. The van der Waals surface area contributed by atoms with Gasteiger partial charge in [-0.2, -0.15) is 0 Å². The van der Waals surface area contributed by atoms with Crippen LogP contribution >= 0.6 is 0 Å². The fraction of sp³-hybridized carbons (Fsp3) is 0.931. The van der Waals surface area contributed by atoms with Crippen LogP contribution in [0.2, 0.25) is 0 Å². The van der Waals surface area contributed by atoms with Crippen LogP contribution in [0.25, 0.3) is 0 Å². The topological polar surface area (TPSA) is 185 Å². The smallest absolute Gasteiger partial charge is 0.311 e. The van der Waals surface area contributed by atoms with Crippen LogP contribution in [0.15, 0.2) is 0 Å². The largest absolute Gasteiger partial charge is 0.462 e. The lowest BCUT2D eigenvalue weighted by Gasteiger charge is -2.41. The first kappa shape index (κ1) is 81.2. The Labute approximate surface area is 617 Å². The molecule has 0 saturated heterocycles. The van der Waals surface area contributed by atoms with E-state index in [1.165, 1.54) is 103 Å². The highest BCUT2D eigenvalue weighted by Crippen LogP contribution is 2.72. The third kappa shape index (κ3) is 14.8. The molecule has 35 unspecified atom stereocenters. The Hall–Kier alpha value is -3.30. The van der Waals surface area contributed by atoms with Crippen LogP contribution in [0.1, 0.15) is 266 Å². The highest BCUT2D eigenvalue weighted by molar-refractivity contribution is 5.77. The van der Waals surface area contributed by atoms with Crippen LogP contribution in [0, 0.1) is 189 Å². The molecule has 102 heavy (non-hydrogen) atoms. The van der Waals surface area contributed by atoms with E-state index in [-0.39, 0.29) is 149 Å². The molecule has 18 fully saturated rings. The van der Waals surface area contributed by atoms with Crippen molar-refractivity contribution in [1.29, 1.82) is 0 Å². The number of carbonyl (C=O) groups is 6. The van der Waals surface area contributed by atoms with Crippen LogP contribution in [0.5, 0.6) is 0 Å². The molecule has 18 rings (SSSR count). The van der Waals surface area contributed by atoms with Gasteiger partial charge in [0.15, 0.2) is 20.4 Å². The summed E-state index contributed by atoms with van der Waals surface area (Å²) < 4.78 is 52.6. The van der Waals surface area contributed by atoms with Crippen molar-refractivity contribution >= 4 is 35.8 Å². The van der Waals surface area contributed by atoms with Gasteiger partial charge in [0.1, 0.15) is 18.3 Å². The number of esters is 6. The van der Waals surface area contributed by atoms with Crippen molar-refractivity contribution in [2.75, 3.05) is 33.6 Å². The molecule has 0 amide bonds. The quantitative estimate of drug-likeness (QED) is 0.0309. The Kier molecular flexibility index (Phi) is 26.2. The minimum atomic E-state index is -0.416. The van der Waals surface area contributed by atoms with Crippen molar-refractivity contribution in [3.63, 3.8) is 0 Å². The van der Waals surface area contributed by atoms with E-state index in [4.69, 9.17) is 42.6 Å². The van der Waals surface area contributed by atoms with Crippen LogP contribution in [0.4, 0.5) is 0 Å². The van der Waals surface area contributed by atoms with Crippen molar-refractivity contribution in [1.82, 2.24) is 0 Å². The Balaban J connectivity index is 0.000000160.